The van der Waals surface area contributed by atoms with Gasteiger partial charge in [-0.15, -0.1) is 0 Å². The topological polar surface area (TPSA) is 53.2 Å². The first-order chi connectivity index (χ1) is 6.74. The van der Waals surface area contributed by atoms with Crippen LogP contribution in [0.15, 0.2) is 0 Å². The van der Waals surface area contributed by atoms with Crippen molar-refractivity contribution in [2.75, 3.05) is 19.6 Å². The molecule has 0 aromatic carbocycles. The number of unbranched alkanes of at least 4 members (excludes halogenated alkanes) is 1. The smallest absolute Gasteiger partial charge is 0.238 e. The summed E-state index contributed by atoms with van der Waals surface area (Å²) >= 11 is 0. The summed E-state index contributed by atoms with van der Waals surface area (Å²) in [5, 5.41) is 9.43. The molecule has 2 atom stereocenters. The van der Waals surface area contributed by atoms with Gasteiger partial charge in [0.25, 0.3) is 0 Å². The molecule has 1 aliphatic rings. The SMILES string of the molecule is CCCCNC(=O)C1CNC(C)CN1. The number of hydrogen-bond acceptors (Lipinski definition) is 3. The minimum atomic E-state index is -0.0527. The molecule has 1 aliphatic heterocycles. The number of nitrogens with one attached hydrogen (secondary N) is 3. The summed E-state index contributed by atoms with van der Waals surface area (Å²) in [6.07, 6.45) is 2.18. The first-order valence-electron chi connectivity index (χ1n) is 5.48. The molecule has 14 heavy (non-hydrogen) atoms. The molecule has 0 aromatic rings. The molecule has 1 amide bonds. The first-order valence-corrected chi connectivity index (χ1v) is 5.48. The minimum Gasteiger partial charge on any atom is -0.355 e. The molecule has 0 radical (unpaired) electrons. The van der Waals surface area contributed by atoms with Gasteiger partial charge >= 0.3 is 0 Å². The summed E-state index contributed by atoms with van der Waals surface area (Å²) in [5.74, 6) is 0.123. The van der Waals surface area contributed by atoms with E-state index in [1.807, 2.05) is 0 Å². The van der Waals surface area contributed by atoms with Gasteiger partial charge in [-0.3, -0.25) is 4.79 Å². The van der Waals surface area contributed by atoms with Crippen LogP contribution >= 0.6 is 0 Å². The predicted molar refractivity (Wildman–Crippen MR) is 57.2 cm³/mol. The fraction of sp³-hybridized carbons (Fsp3) is 0.900. The maximum Gasteiger partial charge on any atom is 0.238 e. The quantitative estimate of drug-likeness (QED) is 0.552. The highest BCUT2D eigenvalue weighted by Crippen LogP contribution is 1.93. The van der Waals surface area contributed by atoms with Crippen LogP contribution in [0.4, 0.5) is 0 Å². The Morgan fingerprint density at radius 2 is 2.21 bits per heavy atom. The highest BCUT2D eigenvalue weighted by Gasteiger charge is 2.22. The van der Waals surface area contributed by atoms with E-state index in [1.54, 1.807) is 0 Å². The molecule has 0 saturated carbocycles. The van der Waals surface area contributed by atoms with Crippen LogP contribution in [0.25, 0.3) is 0 Å². The van der Waals surface area contributed by atoms with E-state index in [4.69, 9.17) is 0 Å². The number of hydrogen-bond donors (Lipinski definition) is 3. The zero-order valence-corrected chi connectivity index (χ0v) is 9.10. The maximum absolute atomic E-state index is 11.6. The maximum atomic E-state index is 11.6. The summed E-state index contributed by atoms with van der Waals surface area (Å²) < 4.78 is 0. The van der Waals surface area contributed by atoms with E-state index < -0.39 is 0 Å². The number of amides is 1. The van der Waals surface area contributed by atoms with Crippen LogP contribution in [0.2, 0.25) is 0 Å². The lowest BCUT2D eigenvalue weighted by molar-refractivity contribution is -0.123. The van der Waals surface area contributed by atoms with Crippen molar-refractivity contribution in [3.05, 3.63) is 0 Å². The lowest BCUT2D eigenvalue weighted by Crippen LogP contribution is -2.58. The number of carbonyl (C=O) groups is 1. The van der Waals surface area contributed by atoms with Crippen LogP contribution in [0, 0.1) is 0 Å². The first kappa shape index (κ1) is 11.5. The molecule has 0 aliphatic carbocycles. The molecule has 0 spiro atoms. The van der Waals surface area contributed by atoms with Gasteiger partial charge in [-0.2, -0.15) is 0 Å². The van der Waals surface area contributed by atoms with Gasteiger partial charge < -0.3 is 16.0 Å². The van der Waals surface area contributed by atoms with Crippen molar-refractivity contribution in [2.45, 2.75) is 38.8 Å². The van der Waals surface area contributed by atoms with Crippen LogP contribution in [0.3, 0.4) is 0 Å². The monoisotopic (exact) mass is 199 g/mol. The largest absolute Gasteiger partial charge is 0.355 e. The van der Waals surface area contributed by atoms with Crippen LogP contribution in [-0.4, -0.2) is 37.6 Å². The normalized spacial score (nSPS) is 27.3. The zero-order valence-electron chi connectivity index (χ0n) is 9.10. The van der Waals surface area contributed by atoms with Gasteiger partial charge in [-0.05, 0) is 13.3 Å². The fourth-order valence-electron chi connectivity index (χ4n) is 1.48. The second kappa shape index (κ2) is 5.98. The molecule has 1 rings (SSSR count). The van der Waals surface area contributed by atoms with E-state index in [-0.39, 0.29) is 11.9 Å². The van der Waals surface area contributed by atoms with Crippen LogP contribution in [-0.2, 0) is 4.79 Å². The summed E-state index contributed by atoms with van der Waals surface area (Å²) in [5.41, 5.74) is 0. The Morgan fingerprint density at radius 3 is 2.79 bits per heavy atom. The second-order valence-corrected chi connectivity index (χ2v) is 3.91. The molecule has 82 valence electrons. The zero-order chi connectivity index (χ0) is 10.4. The van der Waals surface area contributed by atoms with Gasteiger partial charge in [0.1, 0.15) is 0 Å². The summed E-state index contributed by atoms with van der Waals surface area (Å²) in [6.45, 7) is 6.63. The molecule has 4 heteroatoms. The fourth-order valence-corrected chi connectivity index (χ4v) is 1.48. The van der Waals surface area contributed by atoms with Crippen molar-refractivity contribution in [1.29, 1.82) is 0 Å². The van der Waals surface area contributed by atoms with E-state index in [0.29, 0.717) is 6.04 Å². The minimum absolute atomic E-state index is 0.0527. The molecule has 0 aromatic heterocycles. The molecule has 3 N–H and O–H groups in total. The summed E-state index contributed by atoms with van der Waals surface area (Å²) in [7, 11) is 0. The molecular weight excluding hydrogens is 178 g/mol. The van der Waals surface area contributed by atoms with Crippen LogP contribution < -0.4 is 16.0 Å². The highest BCUT2D eigenvalue weighted by molar-refractivity contribution is 5.82. The van der Waals surface area contributed by atoms with Gasteiger partial charge in [-0.1, -0.05) is 13.3 Å². The Kier molecular flexibility index (Phi) is 4.90. The van der Waals surface area contributed by atoms with E-state index in [0.717, 1.165) is 32.5 Å². The van der Waals surface area contributed by atoms with E-state index in [2.05, 4.69) is 29.8 Å². The lowest BCUT2D eigenvalue weighted by atomic mass is 10.1. The van der Waals surface area contributed by atoms with Crippen molar-refractivity contribution in [3.8, 4) is 0 Å². The molecule has 0 bridgehead atoms. The number of carbonyl (C=O) groups excluding carboxylic acids is 1. The average Bonchev–Trinajstić information content (AvgIpc) is 2.19. The second-order valence-electron chi connectivity index (χ2n) is 3.91. The highest BCUT2D eigenvalue weighted by atomic mass is 16.2. The van der Waals surface area contributed by atoms with E-state index in [1.165, 1.54) is 0 Å². The Morgan fingerprint density at radius 1 is 1.43 bits per heavy atom. The van der Waals surface area contributed by atoms with Crippen molar-refractivity contribution in [3.63, 3.8) is 0 Å². The van der Waals surface area contributed by atoms with Crippen molar-refractivity contribution in [1.82, 2.24) is 16.0 Å². The van der Waals surface area contributed by atoms with Gasteiger partial charge in [-0.25, -0.2) is 0 Å². The number of piperazine rings is 1. The van der Waals surface area contributed by atoms with Crippen molar-refractivity contribution >= 4 is 5.91 Å². The molecule has 2 unspecified atom stereocenters. The van der Waals surface area contributed by atoms with E-state index >= 15 is 0 Å². The Labute approximate surface area is 85.8 Å². The van der Waals surface area contributed by atoms with Gasteiger partial charge in [0.05, 0.1) is 6.04 Å². The van der Waals surface area contributed by atoms with Crippen molar-refractivity contribution < 1.29 is 4.79 Å². The third kappa shape index (κ3) is 3.64. The molecule has 1 saturated heterocycles. The third-order valence-corrected chi connectivity index (χ3v) is 2.49. The van der Waals surface area contributed by atoms with Crippen molar-refractivity contribution in [2.24, 2.45) is 0 Å². The molecule has 4 nitrogen and oxygen atoms in total. The average molecular weight is 199 g/mol. The molecule has 1 fully saturated rings. The van der Waals surface area contributed by atoms with Gasteiger partial charge in [0.2, 0.25) is 5.91 Å². The Hall–Kier alpha value is -0.610. The van der Waals surface area contributed by atoms with Crippen LogP contribution in [0.1, 0.15) is 26.7 Å². The number of rotatable bonds is 4. The third-order valence-electron chi connectivity index (χ3n) is 2.49. The summed E-state index contributed by atoms with van der Waals surface area (Å²) in [6, 6.07) is 0.415. The van der Waals surface area contributed by atoms with Crippen LogP contribution in [0.5, 0.6) is 0 Å². The van der Waals surface area contributed by atoms with Gasteiger partial charge in [0.15, 0.2) is 0 Å². The Balaban J connectivity index is 2.17. The Bertz CT molecular complexity index is 176. The molecular formula is C10H21N3O. The lowest BCUT2D eigenvalue weighted by Gasteiger charge is -2.28. The predicted octanol–water partition coefficient (Wildman–Crippen LogP) is -0.147. The molecule has 1 heterocycles. The standard InChI is InChI=1S/C10H21N3O/c1-3-4-5-11-10(14)9-7-12-8(2)6-13-9/h8-9,12-13H,3-7H2,1-2H3,(H,11,14). The summed E-state index contributed by atoms with van der Waals surface area (Å²) in [4.78, 5) is 11.6. The van der Waals surface area contributed by atoms with Gasteiger partial charge in [0, 0.05) is 25.7 Å². The van der Waals surface area contributed by atoms with E-state index in [9.17, 15) is 4.79 Å².